The number of benzene rings is 2. The van der Waals surface area contributed by atoms with Gasteiger partial charge in [-0.2, -0.15) is 10.2 Å². The predicted octanol–water partition coefficient (Wildman–Crippen LogP) is 3.37. The second-order valence-corrected chi connectivity index (χ2v) is 5.18. The number of H-pyrrole nitrogens is 1. The number of rotatable bonds is 4. The summed E-state index contributed by atoms with van der Waals surface area (Å²) in [6.07, 6.45) is 0. The Morgan fingerprint density at radius 1 is 1.12 bits per heavy atom. The monoisotopic (exact) mass is 322 g/mol. The molecule has 24 heavy (non-hydrogen) atoms. The number of carbonyl (C=O) groups is 1. The molecule has 3 rings (SSSR count). The molecule has 0 bridgehead atoms. The maximum atomic E-state index is 12.9. The Balaban J connectivity index is 1.70. The van der Waals surface area contributed by atoms with E-state index < -0.39 is 5.91 Å². The Morgan fingerprint density at radius 2 is 1.83 bits per heavy atom. The van der Waals surface area contributed by atoms with Gasteiger partial charge in [-0.25, -0.2) is 9.82 Å². The van der Waals surface area contributed by atoms with Gasteiger partial charge in [0.1, 0.15) is 11.5 Å². The Hall–Kier alpha value is -3.28. The van der Waals surface area contributed by atoms with Gasteiger partial charge in [-0.15, -0.1) is 0 Å². The van der Waals surface area contributed by atoms with Crippen molar-refractivity contribution >= 4 is 11.6 Å². The van der Waals surface area contributed by atoms with Crippen molar-refractivity contribution in [3.8, 4) is 11.3 Å². The lowest BCUT2D eigenvalue weighted by Crippen LogP contribution is -2.19. The van der Waals surface area contributed by atoms with Crippen molar-refractivity contribution in [1.29, 1.82) is 0 Å². The Kier molecular flexibility index (Phi) is 4.47. The number of aromatic nitrogens is 2. The van der Waals surface area contributed by atoms with E-state index in [4.69, 9.17) is 0 Å². The SMILES string of the molecule is C/C(=N/NC(=O)c1cc(-c2ccccc2)n[nH]1)c1ccc(F)cc1. The van der Waals surface area contributed by atoms with Crippen molar-refractivity contribution in [2.24, 2.45) is 5.10 Å². The Labute approximate surface area is 138 Å². The van der Waals surface area contributed by atoms with E-state index in [0.29, 0.717) is 17.1 Å². The van der Waals surface area contributed by atoms with Crippen LogP contribution >= 0.6 is 0 Å². The summed E-state index contributed by atoms with van der Waals surface area (Å²) in [5.74, 6) is -0.715. The number of hydrogen-bond acceptors (Lipinski definition) is 3. The molecule has 120 valence electrons. The molecule has 0 saturated carbocycles. The van der Waals surface area contributed by atoms with Gasteiger partial charge in [0.25, 0.3) is 5.91 Å². The highest BCUT2D eigenvalue weighted by Crippen LogP contribution is 2.16. The van der Waals surface area contributed by atoms with Gasteiger partial charge in [0.2, 0.25) is 0 Å². The average molecular weight is 322 g/mol. The summed E-state index contributed by atoms with van der Waals surface area (Å²) < 4.78 is 12.9. The number of amides is 1. The molecular weight excluding hydrogens is 307 g/mol. The Morgan fingerprint density at radius 3 is 2.54 bits per heavy atom. The van der Waals surface area contributed by atoms with Crippen molar-refractivity contribution < 1.29 is 9.18 Å². The van der Waals surface area contributed by atoms with E-state index >= 15 is 0 Å². The van der Waals surface area contributed by atoms with Gasteiger partial charge in [0.05, 0.1) is 11.4 Å². The van der Waals surface area contributed by atoms with E-state index in [0.717, 1.165) is 11.1 Å². The van der Waals surface area contributed by atoms with E-state index in [1.165, 1.54) is 12.1 Å². The number of nitrogens with zero attached hydrogens (tertiary/aromatic N) is 2. The molecule has 0 aliphatic heterocycles. The van der Waals surface area contributed by atoms with Crippen LogP contribution in [0, 0.1) is 5.82 Å². The van der Waals surface area contributed by atoms with Crippen molar-refractivity contribution in [1.82, 2.24) is 15.6 Å². The van der Waals surface area contributed by atoms with E-state index in [9.17, 15) is 9.18 Å². The highest BCUT2D eigenvalue weighted by molar-refractivity contribution is 6.00. The standard InChI is InChI=1S/C18H15FN4O/c1-12(13-7-9-15(19)10-8-13)20-23-18(24)17-11-16(21-22-17)14-5-3-2-4-6-14/h2-11H,1H3,(H,21,22)(H,23,24)/b20-12-. The second-order valence-electron chi connectivity index (χ2n) is 5.18. The normalized spacial score (nSPS) is 11.3. The summed E-state index contributed by atoms with van der Waals surface area (Å²) >= 11 is 0. The molecule has 0 unspecified atom stereocenters. The summed E-state index contributed by atoms with van der Waals surface area (Å²) in [6.45, 7) is 1.73. The van der Waals surface area contributed by atoms with Crippen LogP contribution in [0.2, 0.25) is 0 Å². The number of halogens is 1. The van der Waals surface area contributed by atoms with Crippen molar-refractivity contribution in [2.75, 3.05) is 0 Å². The minimum absolute atomic E-state index is 0.310. The fourth-order valence-electron chi connectivity index (χ4n) is 2.15. The van der Waals surface area contributed by atoms with Crippen molar-refractivity contribution in [3.05, 3.63) is 77.7 Å². The zero-order chi connectivity index (χ0) is 16.9. The molecule has 0 aliphatic carbocycles. The molecule has 1 aromatic heterocycles. The van der Waals surface area contributed by atoms with Crippen molar-refractivity contribution in [2.45, 2.75) is 6.92 Å². The molecule has 2 N–H and O–H groups in total. The van der Waals surface area contributed by atoms with Gasteiger partial charge in [0.15, 0.2) is 0 Å². The zero-order valence-corrected chi connectivity index (χ0v) is 13.0. The maximum absolute atomic E-state index is 12.9. The molecule has 0 radical (unpaired) electrons. The van der Waals surface area contributed by atoms with Gasteiger partial charge in [-0.1, -0.05) is 42.5 Å². The quantitative estimate of drug-likeness (QED) is 0.571. The van der Waals surface area contributed by atoms with Crippen LogP contribution in [0.5, 0.6) is 0 Å². The third-order valence-electron chi connectivity index (χ3n) is 3.48. The second kappa shape index (κ2) is 6.87. The first kappa shape index (κ1) is 15.6. The van der Waals surface area contributed by atoms with Crippen molar-refractivity contribution in [3.63, 3.8) is 0 Å². The van der Waals surface area contributed by atoms with Crippen LogP contribution in [0.25, 0.3) is 11.3 Å². The fourth-order valence-corrected chi connectivity index (χ4v) is 2.15. The topological polar surface area (TPSA) is 70.1 Å². The minimum atomic E-state index is -0.397. The van der Waals surface area contributed by atoms with Gasteiger partial charge in [0, 0.05) is 5.56 Å². The summed E-state index contributed by atoms with van der Waals surface area (Å²) in [5.41, 5.74) is 5.67. The lowest BCUT2D eigenvalue weighted by molar-refractivity contribution is 0.0950. The molecule has 0 fully saturated rings. The van der Waals surface area contributed by atoms with Gasteiger partial charge in [-0.3, -0.25) is 9.89 Å². The van der Waals surface area contributed by atoms with Crippen LogP contribution < -0.4 is 5.43 Å². The summed E-state index contributed by atoms with van der Waals surface area (Å²) in [5, 5.41) is 10.8. The average Bonchev–Trinajstić information content (AvgIpc) is 3.11. The van der Waals surface area contributed by atoms with Gasteiger partial charge < -0.3 is 0 Å². The van der Waals surface area contributed by atoms with E-state index in [-0.39, 0.29) is 5.82 Å². The first-order valence-corrected chi connectivity index (χ1v) is 7.35. The third kappa shape index (κ3) is 3.55. The molecule has 5 nitrogen and oxygen atoms in total. The van der Waals surface area contributed by atoms with Gasteiger partial charge >= 0.3 is 0 Å². The van der Waals surface area contributed by atoms with E-state index in [1.807, 2.05) is 30.3 Å². The number of nitrogens with one attached hydrogen (secondary N) is 2. The molecule has 1 amide bonds. The Bertz CT molecular complexity index is 870. The van der Waals surface area contributed by atoms with Crippen LogP contribution in [0.15, 0.2) is 65.8 Å². The van der Waals surface area contributed by atoms with Gasteiger partial charge in [-0.05, 0) is 30.7 Å². The summed E-state index contributed by atoms with van der Waals surface area (Å²) in [6, 6.07) is 17.1. The fraction of sp³-hybridized carbons (Fsp3) is 0.0556. The van der Waals surface area contributed by atoms with Crippen LogP contribution in [-0.2, 0) is 0 Å². The molecule has 3 aromatic rings. The highest BCUT2D eigenvalue weighted by Gasteiger charge is 2.10. The number of aromatic amines is 1. The molecular formula is C18H15FN4O. The molecule has 2 aromatic carbocycles. The highest BCUT2D eigenvalue weighted by atomic mass is 19.1. The number of hydrazone groups is 1. The molecule has 1 heterocycles. The summed E-state index contributed by atoms with van der Waals surface area (Å²) in [4.78, 5) is 12.1. The summed E-state index contributed by atoms with van der Waals surface area (Å²) in [7, 11) is 0. The molecule has 0 spiro atoms. The van der Waals surface area contributed by atoms with E-state index in [1.54, 1.807) is 25.1 Å². The largest absolute Gasteiger partial charge is 0.289 e. The zero-order valence-electron chi connectivity index (χ0n) is 13.0. The van der Waals surface area contributed by atoms with Crippen LogP contribution in [0.3, 0.4) is 0 Å². The van der Waals surface area contributed by atoms with Crippen LogP contribution in [0.4, 0.5) is 4.39 Å². The number of carbonyl (C=O) groups excluding carboxylic acids is 1. The van der Waals surface area contributed by atoms with Crippen LogP contribution in [0.1, 0.15) is 23.0 Å². The minimum Gasteiger partial charge on any atom is -0.272 e. The lowest BCUT2D eigenvalue weighted by Gasteiger charge is -2.01. The first-order valence-electron chi connectivity index (χ1n) is 7.35. The smallest absolute Gasteiger partial charge is 0.272 e. The maximum Gasteiger partial charge on any atom is 0.289 e. The molecule has 0 saturated heterocycles. The predicted molar refractivity (Wildman–Crippen MR) is 90.1 cm³/mol. The third-order valence-corrected chi connectivity index (χ3v) is 3.48. The molecule has 0 aliphatic rings. The first-order chi connectivity index (χ1) is 11.6. The lowest BCUT2D eigenvalue weighted by atomic mass is 10.1. The van der Waals surface area contributed by atoms with Crippen LogP contribution in [-0.4, -0.2) is 21.8 Å². The number of hydrogen-bond donors (Lipinski definition) is 2. The van der Waals surface area contributed by atoms with E-state index in [2.05, 4.69) is 20.7 Å². The molecule has 6 heteroatoms. The molecule has 0 atom stereocenters.